The van der Waals surface area contributed by atoms with Gasteiger partial charge in [-0.2, -0.15) is 0 Å². The molecule has 0 radical (unpaired) electrons. The summed E-state index contributed by atoms with van der Waals surface area (Å²) in [6, 6.07) is 0. The minimum Gasteiger partial charge on any atom is -0.495 e. The van der Waals surface area contributed by atoms with Crippen LogP contribution in [0.2, 0.25) is 0 Å². The lowest BCUT2D eigenvalue weighted by atomic mass is 9.48. The number of halogens is 2. The third-order valence-electron chi connectivity index (χ3n) is 5.40. The van der Waals surface area contributed by atoms with E-state index in [1.807, 2.05) is 0 Å². The first-order chi connectivity index (χ1) is 10.7. The molecule has 0 N–H and O–H groups in total. The van der Waals surface area contributed by atoms with Gasteiger partial charge in [0.1, 0.15) is 12.2 Å². The van der Waals surface area contributed by atoms with E-state index in [-0.39, 0.29) is 17.6 Å². The van der Waals surface area contributed by atoms with Gasteiger partial charge in [-0.3, -0.25) is 0 Å². The lowest BCUT2D eigenvalue weighted by Gasteiger charge is -2.60. The Labute approximate surface area is 135 Å². The molecule has 0 amide bonds. The summed E-state index contributed by atoms with van der Waals surface area (Å²) >= 11 is 0. The van der Waals surface area contributed by atoms with Gasteiger partial charge in [0.05, 0.1) is 6.26 Å². The van der Waals surface area contributed by atoms with E-state index in [1.54, 1.807) is 0 Å². The Bertz CT molecular complexity index is 471. The van der Waals surface area contributed by atoms with Crippen molar-refractivity contribution in [1.82, 2.24) is 0 Å². The van der Waals surface area contributed by atoms with E-state index >= 15 is 0 Å². The molecule has 4 aliphatic rings. The summed E-state index contributed by atoms with van der Waals surface area (Å²) in [5.74, 6) is -1.88. The molecule has 0 aromatic heterocycles. The van der Waals surface area contributed by atoms with Gasteiger partial charge in [0.25, 0.3) is 5.92 Å². The number of rotatable bonds is 6. The summed E-state index contributed by atoms with van der Waals surface area (Å²) < 4.78 is 40.9. The zero-order valence-corrected chi connectivity index (χ0v) is 13.5. The highest BCUT2D eigenvalue weighted by Gasteiger charge is 2.59. The Morgan fingerprint density at radius 3 is 2.48 bits per heavy atom. The predicted octanol–water partition coefficient (Wildman–Crippen LogP) is 4.29. The van der Waals surface area contributed by atoms with Crippen LogP contribution in [-0.2, 0) is 14.2 Å². The van der Waals surface area contributed by atoms with Crippen LogP contribution in [-0.4, -0.2) is 30.9 Å². The SMILES string of the molecule is C=COC12CC3CC(CC(COC(=O)OCC(C)(F)F)(C3)C1)C2. The van der Waals surface area contributed by atoms with Gasteiger partial charge >= 0.3 is 6.16 Å². The Morgan fingerprint density at radius 2 is 1.91 bits per heavy atom. The minimum atomic E-state index is -3.04. The van der Waals surface area contributed by atoms with Gasteiger partial charge in [-0.15, -0.1) is 0 Å². The van der Waals surface area contributed by atoms with Gasteiger partial charge in [0, 0.05) is 12.3 Å². The van der Waals surface area contributed by atoms with Crippen molar-refractivity contribution in [2.45, 2.75) is 57.0 Å². The van der Waals surface area contributed by atoms with Crippen LogP contribution in [0.15, 0.2) is 12.8 Å². The number of hydrogen-bond acceptors (Lipinski definition) is 4. The first-order valence-electron chi connectivity index (χ1n) is 8.19. The van der Waals surface area contributed by atoms with E-state index in [2.05, 4.69) is 11.3 Å². The van der Waals surface area contributed by atoms with Crippen LogP contribution in [0.3, 0.4) is 0 Å². The minimum absolute atomic E-state index is 0.110. The molecule has 2 unspecified atom stereocenters. The second-order valence-corrected chi connectivity index (χ2v) is 7.83. The fourth-order valence-corrected chi connectivity index (χ4v) is 5.29. The number of carbonyl (C=O) groups excluding carboxylic acids is 1. The molecule has 23 heavy (non-hydrogen) atoms. The predicted molar refractivity (Wildman–Crippen MR) is 79.0 cm³/mol. The van der Waals surface area contributed by atoms with Gasteiger partial charge in [0.15, 0.2) is 6.61 Å². The highest BCUT2D eigenvalue weighted by molar-refractivity contribution is 5.59. The molecule has 4 saturated carbocycles. The van der Waals surface area contributed by atoms with Gasteiger partial charge in [-0.1, -0.05) is 6.58 Å². The van der Waals surface area contributed by atoms with Crippen LogP contribution in [0.4, 0.5) is 13.6 Å². The zero-order valence-electron chi connectivity index (χ0n) is 13.5. The fraction of sp³-hybridized carbons (Fsp3) is 0.824. The molecule has 0 aliphatic heterocycles. The molecule has 2 atom stereocenters. The molecule has 4 aliphatic carbocycles. The maximum absolute atomic E-state index is 12.7. The topological polar surface area (TPSA) is 44.8 Å². The molecule has 4 rings (SSSR count). The zero-order chi connectivity index (χ0) is 16.7. The largest absolute Gasteiger partial charge is 0.508 e. The Balaban J connectivity index is 1.59. The molecule has 130 valence electrons. The van der Waals surface area contributed by atoms with Crippen molar-refractivity contribution in [2.24, 2.45) is 17.3 Å². The Morgan fingerprint density at radius 1 is 1.26 bits per heavy atom. The van der Waals surface area contributed by atoms with Crippen molar-refractivity contribution in [3.8, 4) is 0 Å². The van der Waals surface area contributed by atoms with E-state index in [4.69, 9.17) is 9.47 Å². The van der Waals surface area contributed by atoms with Crippen molar-refractivity contribution >= 4 is 6.16 Å². The molecule has 0 aromatic carbocycles. The van der Waals surface area contributed by atoms with Gasteiger partial charge < -0.3 is 14.2 Å². The molecular weight excluding hydrogens is 306 g/mol. The summed E-state index contributed by atoms with van der Waals surface area (Å²) in [5, 5.41) is 0. The third kappa shape index (κ3) is 3.61. The van der Waals surface area contributed by atoms with Crippen LogP contribution in [0.1, 0.15) is 45.4 Å². The summed E-state index contributed by atoms with van der Waals surface area (Å²) in [6.45, 7) is 3.65. The molecule has 6 heteroatoms. The smallest absolute Gasteiger partial charge is 0.495 e. The summed E-state index contributed by atoms with van der Waals surface area (Å²) in [7, 11) is 0. The molecule has 0 aromatic rings. The van der Waals surface area contributed by atoms with Crippen LogP contribution in [0.25, 0.3) is 0 Å². The second kappa shape index (κ2) is 5.64. The van der Waals surface area contributed by atoms with Crippen molar-refractivity contribution in [1.29, 1.82) is 0 Å². The first kappa shape index (κ1) is 16.5. The van der Waals surface area contributed by atoms with Gasteiger partial charge in [-0.25, -0.2) is 13.6 Å². The summed E-state index contributed by atoms with van der Waals surface area (Å²) in [5.41, 5.74) is -0.295. The standard InChI is InChI=1S/C17H24F2O4/c1-3-23-17-7-12-4-13(8-17)6-16(5-12,9-17)11-22-14(20)21-10-15(2,18)19/h3,12-13H,1,4-11H2,2H3. The summed E-state index contributed by atoms with van der Waals surface area (Å²) in [4.78, 5) is 11.6. The van der Waals surface area contributed by atoms with Gasteiger partial charge in [-0.05, 0) is 50.4 Å². The molecule has 0 spiro atoms. The lowest BCUT2D eigenvalue weighted by molar-refractivity contribution is -0.181. The van der Waals surface area contributed by atoms with Crippen LogP contribution in [0, 0.1) is 17.3 Å². The quantitative estimate of drug-likeness (QED) is 0.538. The van der Waals surface area contributed by atoms with Crippen LogP contribution >= 0.6 is 0 Å². The monoisotopic (exact) mass is 330 g/mol. The van der Waals surface area contributed by atoms with Gasteiger partial charge in [0.2, 0.25) is 0 Å². The van der Waals surface area contributed by atoms with E-state index in [0.29, 0.717) is 18.8 Å². The maximum Gasteiger partial charge on any atom is 0.508 e. The second-order valence-electron chi connectivity index (χ2n) is 7.83. The fourth-order valence-electron chi connectivity index (χ4n) is 5.29. The number of hydrogen-bond donors (Lipinski definition) is 0. The number of ether oxygens (including phenoxy) is 3. The first-order valence-corrected chi connectivity index (χ1v) is 8.19. The maximum atomic E-state index is 12.7. The van der Waals surface area contributed by atoms with E-state index in [1.165, 1.54) is 12.7 Å². The van der Waals surface area contributed by atoms with Crippen molar-refractivity contribution < 1.29 is 27.8 Å². The number of alkyl halides is 2. The van der Waals surface area contributed by atoms with E-state index in [9.17, 15) is 13.6 Å². The Hall–Kier alpha value is -1.33. The lowest BCUT2D eigenvalue weighted by Crippen LogP contribution is -2.57. The molecule has 4 nitrogen and oxygen atoms in total. The van der Waals surface area contributed by atoms with Crippen molar-refractivity contribution in [3.63, 3.8) is 0 Å². The summed E-state index contributed by atoms with van der Waals surface area (Å²) in [6.07, 6.45) is 6.60. The van der Waals surface area contributed by atoms with Crippen molar-refractivity contribution in [3.05, 3.63) is 12.8 Å². The average Bonchev–Trinajstić information content (AvgIpc) is 2.40. The number of carbonyl (C=O) groups is 1. The highest BCUT2D eigenvalue weighted by atomic mass is 19.3. The highest BCUT2D eigenvalue weighted by Crippen LogP contribution is 2.62. The third-order valence-corrected chi connectivity index (χ3v) is 5.40. The average molecular weight is 330 g/mol. The van der Waals surface area contributed by atoms with Crippen LogP contribution < -0.4 is 0 Å². The van der Waals surface area contributed by atoms with E-state index < -0.39 is 18.7 Å². The normalized spacial score (nSPS) is 38.2. The van der Waals surface area contributed by atoms with Crippen molar-refractivity contribution in [2.75, 3.05) is 13.2 Å². The molecule has 0 heterocycles. The van der Waals surface area contributed by atoms with E-state index in [0.717, 1.165) is 32.1 Å². The van der Waals surface area contributed by atoms with Crippen LogP contribution in [0.5, 0.6) is 0 Å². The molecule has 0 saturated heterocycles. The molecular formula is C17H24F2O4. The molecule has 4 bridgehead atoms. The Kier molecular flexibility index (Phi) is 4.05. The molecule has 4 fully saturated rings.